The maximum atomic E-state index is 13.1. The Labute approximate surface area is 75.5 Å². The molecular weight excluding hydrogens is 173 g/mol. The first-order valence-corrected chi connectivity index (χ1v) is 4.46. The Morgan fingerprint density at radius 3 is 2.85 bits per heavy atom. The van der Waals surface area contributed by atoms with E-state index in [1.807, 2.05) is 0 Å². The van der Waals surface area contributed by atoms with Crippen LogP contribution in [0.4, 0.5) is 10.4 Å². The highest BCUT2D eigenvalue weighted by molar-refractivity contribution is 5.21. The molecule has 13 heavy (non-hydrogen) atoms. The molecule has 0 aromatic carbocycles. The molecule has 1 saturated carbocycles. The molecule has 1 fully saturated rings. The summed E-state index contributed by atoms with van der Waals surface area (Å²) in [5.74, 6) is 0.496. The van der Waals surface area contributed by atoms with Gasteiger partial charge in [-0.15, -0.1) is 5.10 Å². The van der Waals surface area contributed by atoms with Gasteiger partial charge in [0.15, 0.2) is 0 Å². The zero-order valence-electron chi connectivity index (χ0n) is 7.46. The van der Waals surface area contributed by atoms with Crippen molar-refractivity contribution in [2.24, 2.45) is 0 Å². The van der Waals surface area contributed by atoms with Gasteiger partial charge in [-0.05, 0) is 19.3 Å². The Morgan fingerprint density at radius 1 is 1.46 bits per heavy atom. The van der Waals surface area contributed by atoms with E-state index in [-0.39, 0.29) is 6.04 Å². The van der Waals surface area contributed by atoms with Crippen molar-refractivity contribution in [1.29, 1.82) is 0 Å². The van der Waals surface area contributed by atoms with Crippen LogP contribution in [0, 0.1) is 6.92 Å². The summed E-state index contributed by atoms with van der Waals surface area (Å²) in [6.45, 7) is 1.71. The molecule has 0 saturated heterocycles. The summed E-state index contributed by atoms with van der Waals surface area (Å²) >= 11 is 0. The third-order valence-electron chi connectivity index (χ3n) is 2.27. The summed E-state index contributed by atoms with van der Waals surface area (Å²) in [6.07, 6.45) is 1.60. The Hall–Kier alpha value is -1.13. The molecule has 0 bridgehead atoms. The third-order valence-corrected chi connectivity index (χ3v) is 2.27. The highest BCUT2D eigenvalue weighted by Crippen LogP contribution is 2.24. The summed E-state index contributed by atoms with van der Waals surface area (Å²) in [7, 11) is 0. The number of rotatable bonds is 2. The van der Waals surface area contributed by atoms with E-state index >= 15 is 0 Å². The number of anilines is 1. The zero-order chi connectivity index (χ0) is 9.26. The normalized spacial score (nSPS) is 27.8. The quantitative estimate of drug-likeness (QED) is 0.761. The SMILES string of the molecule is Cc1nnc(N[C@@H]2CCC[C@@H]2F)o1. The van der Waals surface area contributed by atoms with E-state index in [0.29, 0.717) is 18.3 Å². The number of nitrogens with one attached hydrogen (secondary N) is 1. The van der Waals surface area contributed by atoms with Crippen molar-refractivity contribution in [2.45, 2.75) is 38.4 Å². The Kier molecular flexibility index (Phi) is 2.16. The van der Waals surface area contributed by atoms with E-state index in [0.717, 1.165) is 12.8 Å². The first-order valence-electron chi connectivity index (χ1n) is 4.46. The summed E-state index contributed by atoms with van der Waals surface area (Å²) < 4.78 is 18.2. The molecule has 1 N–H and O–H groups in total. The predicted octanol–water partition coefficient (Wildman–Crippen LogP) is 1.68. The fourth-order valence-electron chi connectivity index (χ4n) is 1.59. The number of hydrogen-bond acceptors (Lipinski definition) is 4. The first kappa shape index (κ1) is 8.47. The van der Waals surface area contributed by atoms with Crippen LogP contribution in [0.15, 0.2) is 4.42 Å². The molecule has 2 atom stereocenters. The summed E-state index contributed by atoms with van der Waals surface area (Å²) in [4.78, 5) is 0. The average molecular weight is 185 g/mol. The van der Waals surface area contributed by atoms with Gasteiger partial charge in [-0.1, -0.05) is 5.10 Å². The molecule has 4 nitrogen and oxygen atoms in total. The molecule has 1 aromatic rings. The Morgan fingerprint density at radius 2 is 2.31 bits per heavy atom. The minimum Gasteiger partial charge on any atom is -0.408 e. The minimum atomic E-state index is -0.785. The van der Waals surface area contributed by atoms with E-state index in [2.05, 4.69) is 15.5 Å². The highest BCUT2D eigenvalue weighted by Gasteiger charge is 2.27. The average Bonchev–Trinajstić information content (AvgIpc) is 2.64. The van der Waals surface area contributed by atoms with Crippen LogP contribution in [0.5, 0.6) is 0 Å². The Balaban J connectivity index is 1.97. The number of aryl methyl sites for hydroxylation is 1. The van der Waals surface area contributed by atoms with Crippen LogP contribution >= 0.6 is 0 Å². The van der Waals surface area contributed by atoms with Crippen molar-refractivity contribution in [2.75, 3.05) is 5.32 Å². The second-order valence-electron chi connectivity index (χ2n) is 3.32. The second-order valence-corrected chi connectivity index (χ2v) is 3.32. The van der Waals surface area contributed by atoms with E-state index < -0.39 is 6.17 Å². The van der Waals surface area contributed by atoms with E-state index in [1.54, 1.807) is 6.92 Å². The standard InChI is InChI=1S/C8H12FN3O/c1-5-11-12-8(13-5)10-7-4-2-3-6(7)9/h6-7H,2-4H2,1H3,(H,10,12)/t6-,7+/m0/s1. The van der Waals surface area contributed by atoms with Crippen molar-refractivity contribution in [3.63, 3.8) is 0 Å². The topological polar surface area (TPSA) is 51.0 Å². The molecular formula is C8H12FN3O. The van der Waals surface area contributed by atoms with Crippen molar-refractivity contribution < 1.29 is 8.81 Å². The lowest BCUT2D eigenvalue weighted by Gasteiger charge is -2.11. The largest absolute Gasteiger partial charge is 0.408 e. The van der Waals surface area contributed by atoms with Gasteiger partial charge in [-0.25, -0.2) is 4.39 Å². The van der Waals surface area contributed by atoms with E-state index in [9.17, 15) is 4.39 Å². The molecule has 2 rings (SSSR count). The van der Waals surface area contributed by atoms with Gasteiger partial charge in [0.25, 0.3) is 0 Å². The van der Waals surface area contributed by atoms with Crippen molar-refractivity contribution >= 4 is 6.01 Å². The minimum absolute atomic E-state index is 0.153. The zero-order valence-corrected chi connectivity index (χ0v) is 7.46. The van der Waals surface area contributed by atoms with Crippen LogP contribution in [-0.2, 0) is 0 Å². The number of nitrogens with zero attached hydrogens (tertiary/aromatic N) is 2. The molecule has 72 valence electrons. The van der Waals surface area contributed by atoms with Crippen LogP contribution in [0.25, 0.3) is 0 Å². The fourth-order valence-corrected chi connectivity index (χ4v) is 1.59. The second kappa shape index (κ2) is 3.32. The molecule has 0 spiro atoms. The summed E-state index contributed by atoms with van der Waals surface area (Å²) in [5, 5.41) is 10.3. The predicted molar refractivity (Wildman–Crippen MR) is 45.2 cm³/mol. The lowest BCUT2D eigenvalue weighted by atomic mass is 10.2. The summed E-state index contributed by atoms with van der Waals surface area (Å²) in [5.41, 5.74) is 0. The van der Waals surface area contributed by atoms with E-state index in [1.165, 1.54) is 0 Å². The molecule has 0 radical (unpaired) electrons. The van der Waals surface area contributed by atoms with Gasteiger partial charge < -0.3 is 9.73 Å². The van der Waals surface area contributed by atoms with Gasteiger partial charge in [0.05, 0.1) is 6.04 Å². The molecule has 0 unspecified atom stereocenters. The maximum Gasteiger partial charge on any atom is 0.315 e. The van der Waals surface area contributed by atoms with Crippen LogP contribution in [0.2, 0.25) is 0 Å². The lowest BCUT2D eigenvalue weighted by Crippen LogP contribution is -2.24. The molecule has 0 aliphatic heterocycles. The fraction of sp³-hybridized carbons (Fsp3) is 0.750. The van der Waals surface area contributed by atoms with Crippen molar-refractivity contribution in [1.82, 2.24) is 10.2 Å². The third kappa shape index (κ3) is 1.79. The monoisotopic (exact) mass is 185 g/mol. The molecule has 1 aliphatic rings. The van der Waals surface area contributed by atoms with Gasteiger partial charge in [0.2, 0.25) is 5.89 Å². The number of hydrogen-bond donors (Lipinski definition) is 1. The first-order chi connectivity index (χ1) is 6.25. The van der Waals surface area contributed by atoms with Gasteiger partial charge in [-0.2, -0.15) is 0 Å². The molecule has 0 amide bonds. The van der Waals surface area contributed by atoms with Crippen LogP contribution in [0.1, 0.15) is 25.2 Å². The van der Waals surface area contributed by atoms with Gasteiger partial charge in [0.1, 0.15) is 6.17 Å². The number of aromatic nitrogens is 2. The molecule has 5 heteroatoms. The smallest absolute Gasteiger partial charge is 0.315 e. The van der Waals surface area contributed by atoms with Gasteiger partial charge in [-0.3, -0.25) is 0 Å². The molecule has 1 heterocycles. The lowest BCUT2D eigenvalue weighted by molar-refractivity contribution is 0.320. The van der Waals surface area contributed by atoms with Crippen LogP contribution in [0.3, 0.4) is 0 Å². The number of alkyl halides is 1. The van der Waals surface area contributed by atoms with Crippen LogP contribution in [-0.4, -0.2) is 22.4 Å². The molecule has 1 aliphatic carbocycles. The maximum absolute atomic E-state index is 13.1. The summed E-state index contributed by atoms with van der Waals surface area (Å²) in [6, 6.07) is 0.173. The van der Waals surface area contributed by atoms with E-state index in [4.69, 9.17) is 4.42 Å². The van der Waals surface area contributed by atoms with Gasteiger partial charge in [0, 0.05) is 6.92 Å². The van der Waals surface area contributed by atoms with Gasteiger partial charge >= 0.3 is 6.01 Å². The highest BCUT2D eigenvalue weighted by atomic mass is 19.1. The number of halogens is 1. The van der Waals surface area contributed by atoms with Crippen molar-refractivity contribution in [3.8, 4) is 0 Å². The van der Waals surface area contributed by atoms with Crippen LogP contribution < -0.4 is 5.32 Å². The Bertz CT molecular complexity index is 289. The molecule has 1 aromatic heterocycles. The van der Waals surface area contributed by atoms with Crippen molar-refractivity contribution in [3.05, 3.63) is 5.89 Å².